The summed E-state index contributed by atoms with van der Waals surface area (Å²) in [5, 5.41) is 5.59. The lowest BCUT2D eigenvalue weighted by atomic mass is 10.1. The Balaban J connectivity index is 1.76. The van der Waals surface area contributed by atoms with E-state index in [1.165, 1.54) is 0 Å². The molecule has 2 aromatic rings. The predicted octanol–water partition coefficient (Wildman–Crippen LogP) is 3.85. The molecule has 0 radical (unpaired) electrons. The summed E-state index contributed by atoms with van der Waals surface area (Å²) in [6.07, 6.45) is 0.337. The molecule has 0 fully saturated rings. The first-order valence-electron chi connectivity index (χ1n) is 9.34. The summed E-state index contributed by atoms with van der Waals surface area (Å²) in [5.74, 6) is 1.20. The van der Waals surface area contributed by atoms with Gasteiger partial charge in [-0.2, -0.15) is 0 Å². The van der Waals surface area contributed by atoms with Gasteiger partial charge in [-0.05, 0) is 56.7 Å². The number of nitrogens with one attached hydrogen (secondary N) is 2. The van der Waals surface area contributed by atoms with E-state index in [9.17, 15) is 9.59 Å². The van der Waals surface area contributed by atoms with Gasteiger partial charge in [-0.25, -0.2) is 0 Å². The predicted molar refractivity (Wildman–Crippen MR) is 107 cm³/mol. The number of anilines is 2. The minimum Gasteiger partial charge on any atom is -0.490 e. The molecule has 7 heteroatoms. The minimum absolute atomic E-state index is 0.222. The Bertz CT molecular complexity index is 881. The molecule has 0 bridgehead atoms. The van der Waals surface area contributed by atoms with Gasteiger partial charge < -0.3 is 24.8 Å². The zero-order valence-corrected chi connectivity index (χ0v) is 16.2. The van der Waals surface area contributed by atoms with E-state index in [2.05, 4.69) is 10.6 Å². The van der Waals surface area contributed by atoms with Crippen LogP contribution in [0.4, 0.5) is 11.4 Å². The van der Waals surface area contributed by atoms with Gasteiger partial charge >= 0.3 is 0 Å². The highest BCUT2D eigenvalue weighted by Crippen LogP contribution is 2.33. The molecule has 7 nitrogen and oxygen atoms in total. The van der Waals surface area contributed by atoms with Crippen molar-refractivity contribution in [2.75, 3.05) is 23.8 Å². The average molecular weight is 384 g/mol. The number of fused-ring (bicyclic) bond motifs is 1. The molecule has 1 aliphatic heterocycles. The van der Waals surface area contributed by atoms with Crippen LogP contribution in [0, 0.1) is 0 Å². The van der Waals surface area contributed by atoms with Crippen LogP contribution >= 0.6 is 0 Å². The van der Waals surface area contributed by atoms with Crippen molar-refractivity contribution in [2.24, 2.45) is 0 Å². The third-order valence-corrected chi connectivity index (χ3v) is 4.14. The van der Waals surface area contributed by atoms with Gasteiger partial charge in [0.05, 0.1) is 18.9 Å². The average Bonchev–Trinajstić information content (AvgIpc) is 2.68. The Kier molecular flexibility index (Phi) is 6.03. The number of amides is 2. The second-order valence-corrected chi connectivity index (χ2v) is 6.36. The lowest BCUT2D eigenvalue weighted by Crippen LogP contribution is -2.34. The molecule has 0 aromatic heterocycles. The second kappa shape index (κ2) is 8.65. The molecule has 0 aliphatic carbocycles. The van der Waals surface area contributed by atoms with Crippen LogP contribution in [0.3, 0.4) is 0 Å². The SMILES string of the molecule is CCCOc1ccc(C(=O)Nc2ccc3c(c2)NC(=O)[C@H](C)O3)cc1OCC. The van der Waals surface area contributed by atoms with Gasteiger partial charge in [0.1, 0.15) is 5.75 Å². The van der Waals surface area contributed by atoms with Crippen molar-refractivity contribution in [2.45, 2.75) is 33.3 Å². The van der Waals surface area contributed by atoms with Crippen molar-refractivity contribution in [1.82, 2.24) is 0 Å². The van der Waals surface area contributed by atoms with Gasteiger partial charge in [0.2, 0.25) is 0 Å². The summed E-state index contributed by atoms with van der Waals surface area (Å²) in [4.78, 5) is 24.4. The molecule has 148 valence electrons. The number of carbonyl (C=O) groups is 2. The van der Waals surface area contributed by atoms with Crippen LogP contribution in [0.25, 0.3) is 0 Å². The Morgan fingerprint density at radius 3 is 2.71 bits per heavy atom. The standard InChI is InChI=1S/C21H24N2O5/c1-4-10-27-18-8-6-14(11-19(18)26-5-2)21(25)22-15-7-9-17-16(12-15)23-20(24)13(3)28-17/h6-9,11-13H,4-5,10H2,1-3H3,(H,22,25)(H,23,24)/t13-/m0/s1. The molecular weight excluding hydrogens is 360 g/mol. The highest BCUT2D eigenvalue weighted by molar-refractivity contribution is 6.05. The molecule has 3 rings (SSSR count). The normalized spacial score (nSPS) is 15.1. The number of carbonyl (C=O) groups excluding carboxylic acids is 2. The lowest BCUT2D eigenvalue weighted by Gasteiger charge is -2.23. The van der Waals surface area contributed by atoms with Crippen molar-refractivity contribution < 1.29 is 23.8 Å². The molecule has 1 aliphatic rings. The number of rotatable bonds is 7. The first-order chi connectivity index (χ1) is 13.5. The maximum Gasteiger partial charge on any atom is 0.265 e. The quantitative estimate of drug-likeness (QED) is 0.757. The summed E-state index contributed by atoms with van der Waals surface area (Å²) < 4.78 is 16.8. The zero-order chi connectivity index (χ0) is 20.1. The minimum atomic E-state index is -0.543. The number of hydrogen-bond acceptors (Lipinski definition) is 5. The van der Waals surface area contributed by atoms with Crippen LogP contribution in [-0.4, -0.2) is 31.1 Å². The Labute approximate surface area is 164 Å². The van der Waals surface area contributed by atoms with E-state index in [0.717, 1.165) is 6.42 Å². The first-order valence-corrected chi connectivity index (χ1v) is 9.34. The molecule has 1 atom stereocenters. The third kappa shape index (κ3) is 4.36. The fourth-order valence-electron chi connectivity index (χ4n) is 2.74. The number of hydrogen-bond donors (Lipinski definition) is 2. The third-order valence-electron chi connectivity index (χ3n) is 4.14. The highest BCUT2D eigenvalue weighted by atomic mass is 16.5. The van der Waals surface area contributed by atoms with Gasteiger partial charge in [0, 0.05) is 11.3 Å². The largest absolute Gasteiger partial charge is 0.490 e. The van der Waals surface area contributed by atoms with Crippen molar-refractivity contribution in [3.05, 3.63) is 42.0 Å². The fourth-order valence-corrected chi connectivity index (χ4v) is 2.74. The Morgan fingerprint density at radius 1 is 1.14 bits per heavy atom. The lowest BCUT2D eigenvalue weighted by molar-refractivity contribution is -0.122. The van der Waals surface area contributed by atoms with Gasteiger partial charge in [0.25, 0.3) is 11.8 Å². The molecule has 0 saturated carbocycles. The monoisotopic (exact) mass is 384 g/mol. The topological polar surface area (TPSA) is 85.9 Å². The molecule has 2 aromatic carbocycles. The van der Waals surface area contributed by atoms with Crippen molar-refractivity contribution in [1.29, 1.82) is 0 Å². The van der Waals surface area contributed by atoms with Crippen LogP contribution in [-0.2, 0) is 4.79 Å². The van der Waals surface area contributed by atoms with Crippen LogP contribution in [0.5, 0.6) is 17.2 Å². The molecule has 2 N–H and O–H groups in total. The smallest absolute Gasteiger partial charge is 0.265 e. The van der Waals surface area contributed by atoms with Gasteiger partial charge in [-0.15, -0.1) is 0 Å². The molecule has 0 saturated heterocycles. The zero-order valence-electron chi connectivity index (χ0n) is 16.2. The van der Waals surface area contributed by atoms with Gasteiger partial charge in [0.15, 0.2) is 17.6 Å². The van der Waals surface area contributed by atoms with E-state index in [4.69, 9.17) is 14.2 Å². The van der Waals surface area contributed by atoms with Gasteiger partial charge in [-0.3, -0.25) is 9.59 Å². The first kappa shape index (κ1) is 19.5. The Morgan fingerprint density at radius 2 is 1.96 bits per heavy atom. The van der Waals surface area contributed by atoms with Crippen LogP contribution in [0.1, 0.15) is 37.6 Å². The summed E-state index contributed by atoms with van der Waals surface area (Å²) in [5.41, 5.74) is 1.52. The van der Waals surface area contributed by atoms with Crippen molar-refractivity contribution in [3.8, 4) is 17.2 Å². The maximum absolute atomic E-state index is 12.7. The Hall–Kier alpha value is -3.22. The van der Waals surface area contributed by atoms with E-state index in [1.807, 2.05) is 13.8 Å². The van der Waals surface area contributed by atoms with E-state index in [1.54, 1.807) is 43.3 Å². The van der Waals surface area contributed by atoms with Crippen LogP contribution in [0.2, 0.25) is 0 Å². The van der Waals surface area contributed by atoms with Crippen LogP contribution < -0.4 is 24.8 Å². The molecule has 0 unspecified atom stereocenters. The number of ether oxygens (including phenoxy) is 3. The summed E-state index contributed by atoms with van der Waals surface area (Å²) >= 11 is 0. The molecular formula is C21H24N2O5. The summed E-state index contributed by atoms with van der Waals surface area (Å²) in [6.45, 7) is 6.62. The number of benzene rings is 2. The summed E-state index contributed by atoms with van der Waals surface area (Å²) in [7, 11) is 0. The summed E-state index contributed by atoms with van der Waals surface area (Å²) in [6, 6.07) is 10.2. The second-order valence-electron chi connectivity index (χ2n) is 6.36. The van der Waals surface area contributed by atoms with E-state index < -0.39 is 6.10 Å². The van der Waals surface area contributed by atoms with Crippen molar-refractivity contribution in [3.63, 3.8) is 0 Å². The molecule has 28 heavy (non-hydrogen) atoms. The molecule has 2 amide bonds. The van der Waals surface area contributed by atoms with E-state index in [0.29, 0.717) is 47.4 Å². The maximum atomic E-state index is 12.7. The highest BCUT2D eigenvalue weighted by Gasteiger charge is 2.23. The van der Waals surface area contributed by atoms with Crippen LogP contribution in [0.15, 0.2) is 36.4 Å². The van der Waals surface area contributed by atoms with E-state index >= 15 is 0 Å². The van der Waals surface area contributed by atoms with Crippen molar-refractivity contribution >= 4 is 23.2 Å². The molecule has 0 spiro atoms. The fraction of sp³-hybridized carbons (Fsp3) is 0.333. The van der Waals surface area contributed by atoms with E-state index in [-0.39, 0.29) is 11.8 Å². The van der Waals surface area contributed by atoms with Gasteiger partial charge in [-0.1, -0.05) is 6.92 Å². The molecule has 1 heterocycles.